The van der Waals surface area contributed by atoms with Crippen molar-refractivity contribution >= 4 is 17.1 Å². The van der Waals surface area contributed by atoms with Gasteiger partial charge in [0.1, 0.15) is 17.2 Å². The maximum absolute atomic E-state index is 13.1. The van der Waals surface area contributed by atoms with E-state index in [1.807, 2.05) is 44.7 Å². The van der Waals surface area contributed by atoms with Crippen molar-refractivity contribution in [1.82, 2.24) is 19.9 Å². The van der Waals surface area contributed by atoms with E-state index in [1.54, 1.807) is 13.3 Å². The average Bonchev–Trinajstić information content (AvgIpc) is 3.46. The van der Waals surface area contributed by atoms with Crippen molar-refractivity contribution in [2.24, 2.45) is 0 Å². The molecule has 1 N–H and O–H groups in total. The van der Waals surface area contributed by atoms with Gasteiger partial charge in [0, 0.05) is 12.1 Å². The minimum atomic E-state index is -0.555. The third-order valence-corrected chi connectivity index (χ3v) is 5.65. The van der Waals surface area contributed by atoms with Crippen molar-refractivity contribution in [2.45, 2.75) is 71.1 Å². The summed E-state index contributed by atoms with van der Waals surface area (Å²) in [6.45, 7) is 7.66. The molecule has 0 saturated heterocycles. The van der Waals surface area contributed by atoms with E-state index in [9.17, 15) is 4.79 Å². The van der Waals surface area contributed by atoms with E-state index in [4.69, 9.17) is 18.9 Å². The second-order valence-electron chi connectivity index (χ2n) is 9.06. The van der Waals surface area contributed by atoms with Crippen molar-refractivity contribution in [2.75, 3.05) is 7.11 Å². The van der Waals surface area contributed by atoms with E-state index in [1.165, 1.54) is 6.39 Å². The van der Waals surface area contributed by atoms with Crippen molar-refractivity contribution in [1.29, 1.82) is 0 Å². The van der Waals surface area contributed by atoms with Crippen LogP contribution in [-0.2, 0) is 4.74 Å². The van der Waals surface area contributed by atoms with Crippen LogP contribution in [0, 0.1) is 0 Å². The van der Waals surface area contributed by atoms with Crippen LogP contribution in [0.25, 0.3) is 22.4 Å². The highest BCUT2D eigenvalue weighted by atomic mass is 16.6. The lowest BCUT2D eigenvalue weighted by molar-refractivity contribution is 0.00610. The molecule has 3 aromatic rings. The van der Waals surface area contributed by atoms with Crippen LogP contribution in [0.1, 0.15) is 65.2 Å². The van der Waals surface area contributed by atoms with E-state index in [-0.39, 0.29) is 18.2 Å². The minimum absolute atomic E-state index is 0.150. The Labute approximate surface area is 181 Å². The number of oxazole rings is 1. The molecule has 2 heterocycles. The summed E-state index contributed by atoms with van der Waals surface area (Å²) in [7, 11) is 1.61. The fourth-order valence-electron chi connectivity index (χ4n) is 4.22. The summed E-state index contributed by atoms with van der Waals surface area (Å²) in [5.41, 5.74) is 1.83. The fraction of sp³-hybridized carbons (Fsp3) is 0.522. The van der Waals surface area contributed by atoms with Gasteiger partial charge < -0.3 is 18.9 Å². The van der Waals surface area contributed by atoms with Gasteiger partial charge in [-0.2, -0.15) is 0 Å². The molecule has 31 heavy (non-hydrogen) atoms. The van der Waals surface area contributed by atoms with E-state index in [0.29, 0.717) is 17.3 Å². The maximum atomic E-state index is 13.1. The summed E-state index contributed by atoms with van der Waals surface area (Å²) >= 11 is 0. The van der Waals surface area contributed by atoms with Crippen LogP contribution in [0.15, 0.2) is 29.1 Å². The van der Waals surface area contributed by atoms with Crippen molar-refractivity contribution in [3.63, 3.8) is 0 Å². The molecule has 8 heteroatoms. The summed E-state index contributed by atoms with van der Waals surface area (Å²) in [5.74, 6) is 1.98. The molecule has 1 amide bonds. The SMILES string of the molecule is COc1cc2nc(C(C)N(C(=O)OC(C)(C)C)C3CCCC3)[nH]c2cc1-c1cnco1. The number of fused-ring (bicyclic) bond motifs is 1. The molecular formula is C23H30N4O4. The number of hydrogen-bond donors (Lipinski definition) is 1. The summed E-state index contributed by atoms with van der Waals surface area (Å²) in [6, 6.07) is 3.70. The van der Waals surface area contributed by atoms with Crippen LogP contribution >= 0.6 is 0 Å². The zero-order valence-electron chi connectivity index (χ0n) is 18.8. The zero-order valence-corrected chi connectivity index (χ0v) is 18.8. The smallest absolute Gasteiger partial charge is 0.411 e. The normalized spacial score (nSPS) is 15.9. The lowest BCUT2D eigenvalue weighted by Gasteiger charge is -2.35. The number of ether oxygens (including phenoxy) is 2. The Kier molecular flexibility index (Phi) is 5.64. The first-order valence-electron chi connectivity index (χ1n) is 10.7. The van der Waals surface area contributed by atoms with E-state index < -0.39 is 5.60 Å². The molecule has 0 bridgehead atoms. The highest BCUT2D eigenvalue weighted by Crippen LogP contribution is 2.36. The minimum Gasteiger partial charge on any atom is -0.496 e. The summed E-state index contributed by atoms with van der Waals surface area (Å²) < 4.78 is 16.7. The molecule has 166 valence electrons. The summed E-state index contributed by atoms with van der Waals surface area (Å²) in [5, 5.41) is 0. The van der Waals surface area contributed by atoms with Gasteiger partial charge in [-0.05, 0) is 46.6 Å². The molecule has 2 aromatic heterocycles. The molecule has 1 unspecified atom stereocenters. The molecule has 0 spiro atoms. The van der Waals surface area contributed by atoms with Gasteiger partial charge in [-0.1, -0.05) is 12.8 Å². The van der Waals surface area contributed by atoms with Gasteiger partial charge in [-0.25, -0.2) is 14.8 Å². The lowest BCUT2D eigenvalue weighted by Crippen LogP contribution is -2.44. The summed E-state index contributed by atoms with van der Waals surface area (Å²) in [4.78, 5) is 27.1. The molecule has 0 radical (unpaired) electrons. The highest BCUT2D eigenvalue weighted by molar-refractivity contribution is 5.85. The average molecular weight is 427 g/mol. The van der Waals surface area contributed by atoms with E-state index in [2.05, 4.69) is 9.97 Å². The number of hydrogen-bond acceptors (Lipinski definition) is 6. The Morgan fingerprint density at radius 3 is 2.65 bits per heavy atom. The molecule has 1 fully saturated rings. The van der Waals surface area contributed by atoms with Crippen LogP contribution in [0.2, 0.25) is 0 Å². The zero-order chi connectivity index (χ0) is 22.2. The number of carbonyl (C=O) groups excluding carboxylic acids is 1. The number of benzene rings is 1. The molecule has 4 rings (SSSR count). The van der Waals surface area contributed by atoms with Gasteiger partial charge >= 0.3 is 6.09 Å². The number of methoxy groups -OCH3 is 1. The first-order valence-corrected chi connectivity index (χ1v) is 10.7. The lowest BCUT2D eigenvalue weighted by atomic mass is 10.1. The predicted molar refractivity (Wildman–Crippen MR) is 117 cm³/mol. The number of rotatable bonds is 5. The third kappa shape index (κ3) is 4.38. The number of amides is 1. The number of nitrogens with one attached hydrogen (secondary N) is 1. The topological polar surface area (TPSA) is 93.5 Å². The standard InChI is InChI=1S/C23H30N4O4/c1-14(27(15-8-6-7-9-15)22(28)31-23(2,3)4)21-25-17-10-16(20-12-24-13-30-20)19(29-5)11-18(17)26-21/h10-15H,6-9H2,1-5H3,(H,25,26). The van der Waals surface area contributed by atoms with Crippen LogP contribution in [0.4, 0.5) is 4.79 Å². The van der Waals surface area contributed by atoms with E-state index in [0.717, 1.165) is 42.3 Å². The largest absolute Gasteiger partial charge is 0.496 e. The first kappa shape index (κ1) is 21.2. The van der Waals surface area contributed by atoms with Crippen LogP contribution < -0.4 is 4.74 Å². The quantitative estimate of drug-likeness (QED) is 0.582. The number of aromatic amines is 1. The molecule has 1 aliphatic carbocycles. The molecule has 1 aromatic carbocycles. The number of H-pyrrole nitrogens is 1. The second kappa shape index (κ2) is 8.24. The van der Waals surface area contributed by atoms with Gasteiger partial charge in [0.2, 0.25) is 0 Å². The number of aromatic nitrogens is 3. The monoisotopic (exact) mass is 426 g/mol. The Hall–Kier alpha value is -3.03. The number of nitrogens with zero attached hydrogens (tertiary/aromatic N) is 3. The van der Waals surface area contributed by atoms with E-state index >= 15 is 0 Å². The van der Waals surface area contributed by atoms with Gasteiger partial charge in [-0.3, -0.25) is 4.90 Å². The fourth-order valence-corrected chi connectivity index (χ4v) is 4.22. The molecule has 0 aliphatic heterocycles. The summed E-state index contributed by atoms with van der Waals surface area (Å²) in [6.07, 6.45) is 6.93. The molecule has 1 saturated carbocycles. The Balaban J connectivity index is 1.70. The van der Waals surface area contributed by atoms with Gasteiger partial charge in [0.25, 0.3) is 0 Å². The first-order chi connectivity index (χ1) is 14.8. The molecular weight excluding hydrogens is 396 g/mol. The third-order valence-electron chi connectivity index (χ3n) is 5.65. The second-order valence-corrected chi connectivity index (χ2v) is 9.06. The van der Waals surface area contributed by atoms with Gasteiger partial charge in [0.05, 0.1) is 35.9 Å². The van der Waals surface area contributed by atoms with Gasteiger partial charge in [-0.15, -0.1) is 0 Å². The van der Waals surface area contributed by atoms with Crippen molar-refractivity contribution < 1.29 is 18.7 Å². The van der Waals surface area contributed by atoms with Crippen molar-refractivity contribution in [3.8, 4) is 17.1 Å². The number of imidazole rings is 1. The van der Waals surface area contributed by atoms with Gasteiger partial charge in [0.15, 0.2) is 12.2 Å². The Morgan fingerprint density at radius 1 is 1.29 bits per heavy atom. The van der Waals surface area contributed by atoms with Crippen LogP contribution in [0.3, 0.4) is 0 Å². The molecule has 1 aliphatic rings. The van der Waals surface area contributed by atoms with Crippen molar-refractivity contribution in [3.05, 3.63) is 30.5 Å². The van der Waals surface area contributed by atoms with Crippen LogP contribution in [0.5, 0.6) is 5.75 Å². The molecule has 1 atom stereocenters. The van der Waals surface area contributed by atoms with Crippen LogP contribution in [-0.4, -0.2) is 44.7 Å². The Morgan fingerprint density at radius 2 is 2.03 bits per heavy atom. The Bertz CT molecular complexity index is 1050. The predicted octanol–water partition coefficient (Wildman–Crippen LogP) is 5.47. The maximum Gasteiger partial charge on any atom is 0.411 e. The molecule has 8 nitrogen and oxygen atoms in total. The highest BCUT2D eigenvalue weighted by Gasteiger charge is 2.35. The number of carbonyl (C=O) groups is 1.